The van der Waals surface area contributed by atoms with Gasteiger partial charge in [-0.1, -0.05) is 55.3 Å². The molecular weight excluding hydrogens is 460 g/mol. The van der Waals surface area contributed by atoms with Gasteiger partial charge in [-0.25, -0.2) is 0 Å². The zero-order chi connectivity index (χ0) is 24.2. The SMILES string of the molecule is COc1ccc(-c2nnc(SCC(=O)N3CCc4ccccc4C3)n2C2CCCCC2)cc1OC. The molecule has 5 rings (SSSR count). The number of benzene rings is 2. The summed E-state index contributed by atoms with van der Waals surface area (Å²) in [7, 11) is 3.27. The van der Waals surface area contributed by atoms with E-state index in [1.54, 1.807) is 14.2 Å². The van der Waals surface area contributed by atoms with Crippen LogP contribution in [0.15, 0.2) is 47.6 Å². The third-order valence-corrected chi connectivity index (χ3v) is 7.98. The molecule has 8 heteroatoms. The molecule has 0 N–H and O–H groups in total. The molecule has 0 radical (unpaired) electrons. The molecular formula is C27H32N4O3S. The Labute approximate surface area is 210 Å². The fraction of sp³-hybridized carbons (Fsp3) is 0.444. The number of fused-ring (bicyclic) bond motifs is 1. The number of thioether (sulfide) groups is 1. The number of rotatable bonds is 7. The maximum Gasteiger partial charge on any atom is 0.233 e. The van der Waals surface area contributed by atoms with E-state index >= 15 is 0 Å². The zero-order valence-electron chi connectivity index (χ0n) is 20.4. The molecule has 35 heavy (non-hydrogen) atoms. The minimum absolute atomic E-state index is 0.148. The third kappa shape index (κ3) is 5.03. The predicted molar refractivity (Wildman–Crippen MR) is 137 cm³/mol. The lowest BCUT2D eigenvalue weighted by Gasteiger charge is -2.29. The summed E-state index contributed by atoms with van der Waals surface area (Å²) in [6.45, 7) is 1.45. The minimum Gasteiger partial charge on any atom is -0.493 e. The molecule has 1 amide bonds. The fourth-order valence-corrected chi connectivity index (χ4v) is 6.05. The Kier molecular flexibility index (Phi) is 7.27. The topological polar surface area (TPSA) is 69.5 Å². The van der Waals surface area contributed by atoms with Crippen LogP contribution >= 0.6 is 11.8 Å². The molecule has 3 aromatic rings. The number of aromatic nitrogens is 3. The van der Waals surface area contributed by atoms with E-state index in [1.807, 2.05) is 29.2 Å². The lowest BCUT2D eigenvalue weighted by Crippen LogP contribution is -2.37. The Bertz CT molecular complexity index is 1190. The number of nitrogens with zero attached hydrogens (tertiary/aromatic N) is 4. The molecule has 2 aromatic carbocycles. The summed E-state index contributed by atoms with van der Waals surface area (Å²) in [5, 5.41) is 9.95. The van der Waals surface area contributed by atoms with Gasteiger partial charge in [-0.3, -0.25) is 9.36 Å². The van der Waals surface area contributed by atoms with Crippen molar-refractivity contribution in [1.29, 1.82) is 0 Å². The summed E-state index contributed by atoms with van der Waals surface area (Å²) in [6.07, 6.45) is 6.77. The van der Waals surface area contributed by atoms with Crippen LogP contribution in [0, 0.1) is 0 Å². The number of methoxy groups -OCH3 is 2. The van der Waals surface area contributed by atoms with Crippen molar-refractivity contribution < 1.29 is 14.3 Å². The van der Waals surface area contributed by atoms with E-state index in [0.29, 0.717) is 29.8 Å². The first kappa shape index (κ1) is 23.7. The van der Waals surface area contributed by atoms with Crippen LogP contribution in [0.4, 0.5) is 0 Å². The lowest BCUT2D eigenvalue weighted by atomic mass is 9.95. The van der Waals surface area contributed by atoms with Crippen LogP contribution in [0.1, 0.15) is 49.3 Å². The molecule has 7 nitrogen and oxygen atoms in total. The van der Waals surface area contributed by atoms with Gasteiger partial charge in [-0.2, -0.15) is 0 Å². The Morgan fingerprint density at radius 3 is 2.54 bits per heavy atom. The molecule has 1 aliphatic carbocycles. The largest absolute Gasteiger partial charge is 0.493 e. The van der Waals surface area contributed by atoms with Crippen molar-refractivity contribution in [2.75, 3.05) is 26.5 Å². The highest BCUT2D eigenvalue weighted by molar-refractivity contribution is 7.99. The Morgan fingerprint density at radius 2 is 1.77 bits per heavy atom. The maximum atomic E-state index is 13.1. The second-order valence-electron chi connectivity index (χ2n) is 9.16. The van der Waals surface area contributed by atoms with Gasteiger partial charge < -0.3 is 14.4 Å². The van der Waals surface area contributed by atoms with E-state index in [0.717, 1.165) is 42.4 Å². The van der Waals surface area contributed by atoms with Crippen molar-refractivity contribution in [2.45, 2.75) is 56.3 Å². The highest BCUT2D eigenvalue weighted by Crippen LogP contribution is 2.38. The van der Waals surface area contributed by atoms with Crippen LogP contribution in [-0.2, 0) is 17.8 Å². The van der Waals surface area contributed by atoms with Crippen LogP contribution in [0.3, 0.4) is 0 Å². The number of carbonyl (C=O) groups excluding carboxylic acids is 1. The fourth-order valence-electron chi connectivity index (χ4n) is 5.14. The van der Waals surface area contributed by atoms with Crippen LogP contribution in [0.2, 0.25) is 0 Å². The quantitative estimate of drug-likeness (QED) is 0.425. The molecule has 1 saturated carbocycles. The van der Waals surface area contributed by atoms with E-state index in [9.17, 15) is 4.79 Å². The summed E-state index contributed by atoms with van der Waals surface area (Å²) in [5.74, 6) is 2.68. The Morgan fingerprint density at radius 1 is 1.00 bits per heavy atom. The molecule has 2 heterocycles. The zero-order valence-corrected chi connectivity index (χ0v) is 21.2. The third-order valence-electron chi connectivity index (χ3n) is 7.05. The number of ether oxygens (including phenoxy) is 2. The molecule has 0 spiro atoms. The molecule has 0 bridgehead atoms. The normalized spacial score (nSPS) is 16.1. The van der Waals surface area contributed by atoms with Gasteiger partial charge in [-0.05, 0) is 48.6 Å². The summed E-state index contributed by atoms with van der Waals surface area (Å²) in [5.41, 5.74) is 3.53. The standard InChI is InChI=1S/C27H32N4O3S/c1-33-23-13-12-20(16-24(23)34-2)26-28-29-27(31(26)22-10-4-3-5-11-22)35-18-25(32)30-15-14-19-8-6-7-9-21(19)17-30/h6-9,12-13,16,22H,3-5,10-11,14-15,17-18H2,1-2H3. The number of carbonyl (C=O) groups is 1. The molecule has 2 aliphatic rings. The van der Waals surface area contributed by atoms with Gasteiger partial charge >= 0.3 is 0 Å². The van der Waals surface area contributed by atoms with Crippen molar-refractivity contribution in [1.82, 2.24) is 19.7 Å². The van der Waals surface area contributed by atoms with Gasteiger partial charge in [0.25, 0.3) is 0 Å². The molecule has 0 saturated heterocycles. The van der Waals surface area contributed by atoms with Crippen molar-refractivity contribution in [3.8, 4) is 22.9 Å². The van der Waals surface area contributed by atoms with E-state index in [4.69, 9.17) is 9.47 Å². The van der Waals surface area contributed by atoms with E-state index in [2.05, 4.69) is 33.0 Å². The Balaban J connectivity index is 1.37. The average molecular weight is 493 g/mol. The summed E-state index contributed by atoms with van der Waals surface area (Å²) < 4.78 is 13.2. The number of hydrogen-bond acceptors (Lipinski definition) is 6. The van der Waals surface area contributed by atoms with E-state index in [-0.39, 0.29) is 5.91 Å². The van der Waals surface area contributed by atoms with E-state index < -0.39 is 0 Å². The first-order valence-corrected chi connectivity index (χ1v) is 13.3. The predicted octanol–water partition coefficient (Wildman–Crippen LogP) is 5.14. The monoisotopic (exact) mass is 492 g/mol. The molecule has 1 fully saturated rings. The first-order valence-electron chi connectivity index (χ1n) is 12.3. The Hall–Kier alpha value is -3.00. The second-order valence-corrected chi connectivity index (χ2v) is 10.1. The minimum atomic E-state index is 0.148. The van der Waals surface area contributed by atoms with Crippen LogP contribution in [0.5, 0.6) is 11.5 Å². The van der Waals surface area contributed by atoms with Crippen LogP contribution < -0.4 is 9.47 Å². The summed E-state index contributed by atoms with van der Waals surface area (Å²) >= 11 is 1.50. The highest BCUT2D eigenvalue weighted by atomic mass is 32.2. The molecule has 0 unspecified atom stereocenters. The van der Waals surface area contributed by atoms with E-state index in [1.165, 1.54) is 42.2 Å². The lowest BCUT2D eigenvalue weighted by molar-refractivity contribution is -0.129. The van der Waals surface area contributed by atoms with Gasteiger partial charge in [0.05, 0.1) is 20.0 Å². The molecule has 1 aromatic heterocycles. The van der Waals surface area contributed by atoms with Gasteiger partial charge in [-0.15, -0.1) is 10.2 Å². The van der Waals surface area contributed by atoms with Gasteiger partial charge in [0, 0.05) is 24.7 Å². The first-order chi connectivity index (χ1) is 17.2. The van der Waals surface area contributed by atoms with Crippen molar-refractivity contribution in [3.05, 3.63) is 53.6 Å². The summed E-state index contributed by atoms with van der Waals surface area (Å²) in [6, 6.07) is 14.6. The number of amides is 1. The summed E-state index contributed by atoms with van der Waals surface area (Å²) in [4.78, 5) is 15.1. The highest BCUT2D eigenvalue weighted by Gasteiger charge is 2.26. The second kappa shape index (κ2) is 10.7. The number of hydrogen-bond donors (Lipinski definition) is 0. The maximum absolute atomic E-state index is 13.1. The van der Waals surface area contributed by atoms with Crippen molar-refractivity contribution in [2.24, 2.45) is 0 Å². The van der Waals surface area contributed by atoms with Crippen LogP contribution in [-0.4, -0.2) is 52.1 Å². The average Bonchev–Trinajstić information content (AvgIpc) is 3.35. The van der Waals surface area contributed by atoms with Gasteiger partial charge in [0.2, 0.25) is 5.91 Å². The van der Waals surface area contributed by atoms with Gasteiger partial charge in [0.15, 0.2) is 22.5 Å². The van der Waals surface area contributed by atoms with Gasteiger partial charge in [0.1, 0.15) is 0 Å². The molecule has 184 valence electrons. The van der Waals surface area contributed by atoms with Crippen LogP contribution in [0.25, 0.3) is 11.4 Å². The van der Waals surface area contributed by atoms with Crippen molar-refractivity contribution in [3.63, 3.8) is 0 Å². The smallest absolute Gasteiger partial charge is 0.233 e. The van der Waals surface area contributed by atoms with Crippen molar-refractivity contribution >= 4 is 17.7 Å². The molecule has 1 aliphatic heterocycles. The molecule has 0 atom stereocenters.